The molecule has 0 aliphatic rings. The first-order chi connectivity index (χ1) is 22.2. The standard InChI is InChI=1S/C17H14BrN3O3.C17H16BrN3O/c1-24-13-5-2-11(3-6-13)9-20-17-14-7-4-12(18)8-15(14)19-10-16(17)21(22)23;1-22-13-5-2-11(3-6-13)9-21-17-14-7-4-12(18)8-16(14)20-10-15(17)19/h2-8,10H,9H2,1H3,(H,19,20);2-8,10H,9,19H2,1H3,(H,20,21). The molecule has 0 unspecified atom stereocenters. The molecule has 0 aliphatic heterocycles. The Bertz CT molecular complexity index is 1990. The number of hydrogen-bond donors (Lipinski definition) is 3. The fourth-order valence-electron chi connectivity index (χ4n) is 4.73. The molecule has 4 aromatic carbocycles. The average Bonchev–Trinajstić information content (AvgIpc) is 3.07. The zero-order chi connectivity index (χ0) is 32.6. The molecule has 0 amide bonds. The van der Waals surface area contributed by atoms with Crippen molar-refractivity contribution in [3.05, 3.63) is 128 Å². The Morgan fingerprint density at radius 3 is 1.65 bits per heavy atom. The van der Waals surface area contributed by atoms with E-state index in [1.54, 1.807) is 20.4 Å². The first kappa shape index (κ1) is 32.5. The van der Waals surface area contributed by atoms with Gasteiger partial charge in [0.25, 0.3) is 0 Å². The quantitative estimate of drug-likeness (QED) is 0.0980. The smallest absolute Gasteiger partial charge is 0.311 e. The van der Waals surface area contributed by atoms with Crippen molar-refractivity contribution < 1.29 is 14.4 Å². The van der Waals surface area contributed by atoms with Gasteiger partial charge in [-0.3, -0.25) is 15.1 Å². The first-order valence-electron chi connectivity index (χ1n) is 14.1. The van der Waals surface area contributed by atoms with Gasteiger partial charge in [0.2, 0.25) is 0 Å². The highest BCUT2D eigenvalue weighted by Gasteiger charge is 2.18. The Morgan fingerprint density at radius 1 is 0.717 bits per heavy atom. The average molecular weight is 746 g/mol. The SMILES string of the molecule is COc1ccc(CNc2c(N)cnc3cc(Br)ccc23)cc1.COc1ccc(CNc2c([N+](=O)[O-])cnc3cc(Br)ccc23)cc1. The molecule has 4 N–H and O–H groups in total. The molecule has 0 saturated carbocycles. The number of aromatic nitrogens is 2. The first-order valence-corrected chi connectivity index (χ1v) is 15.6. The Labute approximate surface area is 282 Å². The Morgan fingerprint density at radius 2 is 1.17 bits per heavy atom. The van der Waals surface area contributed by atoms with Gasteiger partial charge < -0.3 is 25.8 Å². The summed E-state index contributed by atoms with van der Waals surface area (Å²) in [6, 6.07) is 27.0. The molecule has 0 fully saturated rings. The summed E-state index contributed by atoms with van der Waals surface area (Å²) in [5, 5.41) is 19.6. The number of hydrogen-bond acceptors (Lipinski definition) is 9. The van der Waals surface area contributed by atoms with Crippen molar-refractivity contribution >= 4 is 76.4 Å². The van der Waals surface area contributed by atoms with Crippen molar-refractivity contribution in [3.8, 4) is 11.5 Å². The Kier molecular flexibility index (Phi) is 10.5. The Balaban J connectivity index is 0.000000182. The van der Waals surface area contributed by atoms with Gasteiger partial charge in [-0.05, 0) is 71.8 Å². The van der Waals surface area contributed by atoms with Gasteiger partial charge in [0, 0.05) is 32.8 Å². The molecule has 46 heavy (non-hydrogen) atoms. The molecule has 2 heterocycles. The highest BCUT2D eigenvalue weighted by molar-refractivity contribution is 9.10. The summed E-state index contributed by atoms with van der Waals surface area (Å²) in [6.45, 7) is 1.14. The number of ether oxygens (including phenoxy) is 2. The number of nitrogen functional groups attached to an aromatic ring is 1. The molecule has 0 aliphatic carbocycles. The molecule has 234 valence electrons. The minimum atomic E-state index is -0.426. The number of nitrogens with zero attached hydrogens (tertiary/aromatic N) is 3. The van der Waals surface area contributed by atoms with E-state index in [2.05, 4.69) is 52.5 Å². The summed E-state index contributed by atoms with van der Waals surface area (Å²) < 4.78 is 12.2. The lowest BCUT2D eigenvalue weighted by Gasteiger charge is -2.13. The van der Waals surface area contributed by atoms with Crippen LogP contribution >= 0.6 is 31.9 Å². The van der Waals surface area contributed by atoms with E-state index in [4.69, 9.17) is 15.2 Å². The van der Waals surface area contributed by atoms with Gasteiger partial charge in [-0.25, -0.2) is 4.98 Å². The molecule has 12 heteroatoms. The van der Waals surface area contributed by atoms with Crippen molar-refractivity contribution in [2.45, 2.75) is 13.1 Å². The predicted octanol–water partition coefficient (Wildman–Crippen LogP) is 8.73. The van der Waals surface area contributed by atoms with E-state index in [0.717, 1.165) is 48.2 Å². The van der Waals surface area contributed by atoms with Crippen LogP contribution in [-0.2, 0) is 13.1 Å². The number of fused-ring (bicyclic) bond motifs is 2. The zero-order valence-electron chi connectivity index (χ0n) is 25.0. The molecule has 0 bridgehead atoms. The minimum Gasteiger partial charge on any atom is -0.497 e. The summed E-state index contributed by atoms with van der Waals surface area (Å²) in [7, 11) is 3.27. The van der Waals surface area contributed by atoms with E-state index in [0.29, 0.717) is 35.4 Å². The molecular formula is C34H30Br2N6O4. The van der Waals surface area contributed by atoms with Gasteiger partial charge in [-0.1, -0.05) is 56.1 Å². The molecule has 6 rings (SSSR count). The van der Waals surface area contributed by atoms with Crippen molar-refractivity contribution in [2.75, 3.05) is 30.6 Å². The molecule has 10 nitrogen and oxygen atoms in total. The van der Waals surface area contributed by atoms with Gasteiger partial charge in [-0.2, -0.15) is 0 Å². The summed E-state index contributed by atoms with van der Waals surface area (Å²) in [4.78, 5) is 19.4. The third-order valence-corrected chi connectivity index (χ3v) is 8.11. The fraction of sp³-hybridized carbons (Fsp3) is 0.118. The minimum absolute atomic E-state index is 0.0432. The largest absolute Gasteiger partial charge is 0.497 e. The van der Waals surface area contributed by atoms with E-state index < -0.39 is 4.92 Å². The van der Waals surface area contributed by atoms with E-state index in [1.807, 2.05) is 84.9 Å². The highest BCUT2D eigenvalue weighted by Crippen LogP contribution is 2.33. The van der Waals surface area contributed by atoms with Crippen LogP contribution in [0, 0.1) is 10.1 Å². The third-order valence-electron chi connectivity index (χ3n) is 7.13. The number of nitrogens with one attached hydrogen (secondary N) is 2. The van der Waals surface area contributed by atoms with Crippen LogP contribution < -0.4 is 25.8 Å². The van der Waals surface area contributed by atoms with Crippen LogP contribution in [0.2, 0.25) is 0 Å². The van der Waals surface area contributed by atoms with Crippen LogP contribution in [0.3, 0.4) is 0 Å². The van der Waals surface area contributed by atoms with Gasteiger partial charge in [0.1, 0.15) is 23.4 Å². The fourth-order valence-corrected chi connectivity index (χ4v) is 5.43. The van der Waals surface area contributed by atoms with Crippen molar-refractivity contribution in [1.29, 1.82) is 0 Å². The highest BCUT2D eigenvalue weighted by atomic mass is 79.9. The molecule has 0 spiro atoms. The van der Waals surface area contributed by atoms with Gasteiger partial charge in [0.05, 0.1) is 47.7 Å². The van der Waals surface area contributed by atoms with Crippen molar-refractivity contribution in [1.82, 2.24) is 9.97 Å². The van der Waals surface area contributed by atoms with Crippen LogP contribution in [0.5, 0.6) is 11.5 Å². The second-order valence-electron chi connectivity index (χ2n) is 10.1. The van der Waals surface area contributed by atoms with Gasteiger partial charge >= 0.3 is 5.69 Å². The molecule has 2 aromatic heterocycles. The molecule has 0 saturated heterocycles. The summed E-state index contributed by atoms with van der Waals surface area (Å²) >= 11 is 6.85. The maximum atomic E-state index is 11.3. The van der Waals surface area contributed by atoms with Crippen molar-refractivity contribution in [3.63, 3.8) is 0 Å². The number of nitro groups is 1. The summed E-state index contributed by atoms with van der Waals surface area (Å²) in [6.07, 6.45) is 2.97. The van der Waals surface area contributed by atoms with E-state index in [9.17, 15) is 10.1 Å². The monoisotopic (exact) mass is 744 g/mol. The van der Waals surface area contributed by atoms with Crippen LogP contribution in [-0.4, -0.2) is 29.1 Å². The predicted molar refractivity (Wildman–Crippen MR) is 191 cm³/mol. The second kappa shape index (κ2) is 14.9. The molecule has 0 atom stereocenters. The van der Waals surface area contributed by atoms with E-state index in [1.165, 1.54) is 6.20 Å². The van der Waals surface area contributed by atoms with Crippen molar-refractivity contribution in [2.24, 2.45) is 0 Å². The van der Waals surface area contributed by atoms with E-state index >= 15 is 0 Å². The lowest BCUT2D eigenvalue weighted by atomic mass is 10.1. The van der Waals surface area contributed by atoms with Gasteiger partial charge in [0.15, 0.2) is 0 Å². The molecule has 0 radical (unpaired) electrons. The van der Waals surface area contributed by atoms with Crippen LogP contribution in [0.4, 0.5) is 22.7 Å². The molecular weight excluding hydrogens is 716 g/mol. The number of halogens is 2. The number of methoxy groups -OCH3 is 2. The summed E-state index contributed by atoms with van der Waals surface area (Å²) in [5.41, 5.74) is 11.8. The molecule has 6 aromatic rings. The summed E-state index contributed by atoms with van der Waals surface area (Å²) in [5.74, 6) is 1.62. The van der Waals surface area contributed by atoms with Crippen LogP contribution in [0.15, 0.2) is 106 Å². The number of rotatable bonds is 9. The maximum Gasteiger partial charge on any atom is 0.311 e. The number of nitrogens with two attached hydrogens (primary N) is 1. The normalized spacial score (nSPS) is 10.6. The number of pyridine rings is 2. The lowest BCUT2D eigenvalue weighted by molar-refractivity contribution is -0.384. The topological polar surface area (TPSA) is 137 Å². The van der Waals surface area contributed by atoms with E-state index in [-0.39, 0.29) is 5.69 Å². The van der Waals surface area contributed by atoms with Crippen LogP contribution in [0.25, 0.3) is 21.8 Å². The number of anilines is 3. The third kappa shape index (κ3) is 7.82. The maximum absolute atomic E-state index is 11.3. The zero-order valence-corrected chi connectivity index (χ0v) is 28.1. The van der Waals surface area contributed by atoms with Gasteiger partial charge in [-0.15, -0.1) is 0 Å². The Hall–Kier alpha value is -4.94. The lowest BCUT2D eigenvalue weighted by Crippen LogP contribution is -2.04. The second-order valence-corrected chi connectivity index (χ2v) is 11.9. The number of benzene rings is 4. The van der Waals surface area contributed by atoms with Crippen LogP contribution in [0.1, 0.15) is 11.1 Å².